The first-order valence-corrected chi connectivity index (χ1v) is 7.90. The lowest BCUT2D eigenvalue weighted by atomic mass is 10.0. The fourth-order valence-electron chi connectivity index (χ4n) is 3.10. The summed E-state index contributed by atoms with van der Waals surface area (Å²) < 4.78 is 14.9. The number of nitrogens with one attached hydrogen (secondary N) is 1. The van der Waals surface area contributed by atoms with Crippen molar-refractivity contribution in [3.8, 4) is 0 Å². The zero-order valence-corrected chi connectivity index (χ0v) is 13.2. The summed E-state index contributed by atoms with van der Waals surface area (Å²) in [5, 5.41) is 7.11. The van der Waals surface area contributed by atoms with Crippen molar-refractivity contribution in [3.63, 3.8) is 0 Å². The summed E-state index contributed by atoms with van der Waals surface area (Å²) in [6, 6.07) is 6.76. The molecule has 1 aromatic carbocycles. The van der Waals surface area contributed by atoms with E-state index in [1.165, 1.54) is 6.07 Å². The fraction of sp³-hybridized carbons (Fsp3) is 0.412. The van der Waals surface area contributed by atoms with E-state index in [0.717, 1.165) is 37.2 Å². The predicted molar refractivity (Wildman–Crippen MR) is 86.7 cm³/mol. The van der Waals surface area contributed by atoms with Crippen LogP contribution in [0.3, 0.4) is 0 Å². The van der Waals surface area contributed by atoms with Gasteiger partial charge in [-0.15, -0.1) is 0 Å². The number of amides is 1. The molecule has 1 saturated heterocycles. The number of rotatable bonds is 4. The zero-order valence-electron chi connectivity index (χ0n) is 13.2. The Balaban J connectivity index is 1.60. The van der Waals surface area contributed by atoms with Crippen LogP contribution < -0.4 is 10.2 Å². The predicted octanol–water partition coefficient (Wildman–Crippen LogP) is 2.12. The highest BCUT2D eigenvalue weighted by Crippen LogP contribution is 2.24. The second-order valence-electron chi connectivity index (χ2n) is 5.99. The highest BCUT2D eigenvalue weighted by Gasteiger charge is 2.22. The van der Waals surface area contributed by atoms with E-state index >= 15 is 0 Å². The summed E-state index contributed by atoms with van der Waals surface area (Å²) in [6.07, 6.45) is 5.40. The van der Waals surface area contributed by atoms with Crippen molar-refractivity contribution in [3.05, 3.63) is 48.0 Å². The summed E-state index contributed by atoms with van der Waals surface area (Å²) >= 11 is 0. The summed E-state index contributed by atoms with van der Waals surface area (Å²) in [6.45, 7) is 3.83. The van der Waals surface area contributed by atoms with Crippen molar-refractivity contribution in [2.75, 3.05) is 18.0 Å². The average Bonchev–Trinajstić information content (AvgIpc) is 3.00. The van der Waals surface area contributed by atoms with Crippen LogP contribution in [0.25, 0.3) is 0 Å². The third-order valence-corrected chi connectivity index (χ3v) is 4.15. The largest absolute Gasteiger partial charge is 0.369 e. The van der Waals surface area contributed by atoms with Crippen LogP contribution >= 0.6 is 0 Å². The van der Waals surface area contributed by atoms with Crippen LogP contribution in [0, 0.1) is 12.7 Å². The summed E-state index contributed by atoms with van der Waals surface area (Å²) in [5.74, 6) is -0.247. The topological polar surface area (TPSA) is 50.2 Å². The van der Waals surface area contributed by atoms with Gasteiger partial charge in [0.2, 0.25) is 5.91 Å². The molecule has 1 atom stereocenters. The molecule has 1 aliphatic rings. The minimum Gasteiger partial charge on any atom is -0.369 e. The molecule has 1 fully saturated rings. The molecule has 0 saturated carbocycles. The summed E-state index contributed by atoms with van der Waals surface area (Å²) in [5.41, 5.74) is 1.96. The number of piperidine rings is 1. The minimum atomic E-state index is -0.215. The molecule has 122 valence electrons. The number of aromatic nitrogens is 2. The van der Waals surface area contributed by atoms with E-state index in [0.29, 0.717) is 0 Å². The van der Waals surface area contributed by atoms with Crippen molar-refractivity contribution in [2.24, 2.45) is 0 Å². The molecule has 6 heteroatoms. The van der Waals surface area contributed by atoms with Gasteiger partial charge in [-0.25, -0.2) is 4.39 Å². The number of hydrogen-bond acceptors (Lipinski definition) is 3. The Bertz CT molecular complexity index is 671. The Labute approximate surface area is 135 Å². The molecule has 2 aromatic rings. The molecule has 2 heterocycles. The molecule has 1 aliphatic heterocycles. The van der Waals surface area contributed by atoms with Gasteiger partial charge in [0.15, 0.2) is 0 Å². The van der Waals surface area contributed by atoms with E-state index < -0.39 is 0 Å². The van der Waals surface area contributed by atoms with Crippen LogP contribution in [0.5, 0.6) is 0 Å². The second kappa shape index (κ2) is 6.81. The fourth-order valence-corrected chi connectivity index (χ4v) is 3.10. The summed E-state index contributed by atoms with van der Waals surface area (Å²) in [4.78, 5) is 14.3. The Hall–Kier alpha value is -2.37. The van der Waals surface area contributed by atoms with Gasteiger partial charge in [0.05, 0.1) is 0 Å². The third kappa shape index (κ3) is 3.88. The van der Waals surface area contributed by atoms with E-state index in [9.17, 15) is 9.18 Å². The highest BCUT2D eigenvalue weighted by molar-refractivity contribution is 5.76. The number of benzene rings is 1. The smallest absolute Gasteiger partial charge is 0.242 e. The Morgan fingerprint density at radius 1 is 1.48 bits per heavy atom. The number of carbonyl (C=O) groups is 1. The van der Waals surface area contributed by atoms with Crippen molar-refractivity contribution in [2.45, 2.75) is 32.4 Å². The van der Waals surface area contributed by atoms with Crippen LogP contribution in [-0.2, 0) is 11.3 Å². The highest BCUT2D eigenvalue weighted by atomic mass is 19.1. The molecule has 23 heavy (non-hydrogen) atoms. The standard InChI is InChI=1S/C17H21FN4O/c1-13-10-14(18)5-6-16(13)21-8-2-4-15(11-21)20-17(23)12-22-9-3-7-19-22/h3,5-7,9-10,15H,2,4,8,11-12H2,1H3,(H,20,23). The van der Waals surface area contributed by atoms with Crippen LogP contribution in [0.15, 0.2) is 36.7 Å². The number of nitrogens with zero attached hydrogens (tertiary/aromatic N) is 3. The van der Waals surface area contributed by atoms with E-state index in [1.807, 2.05) is 13.0 Å². The van der Waals surface area contributed by atoms with Gasteiger partial charge in [-0.1, -0.05) is 0 Å². The Kier molecular flexibility index (Phi) is 4.60. The lowest BCUT2D eigenvalue weighted by Crippen LogP contribution is -2.48. The van der Waals surface area contributed by atoms with E-state index in [-0.39, 0.29) is 24.3 Å². The molecule has 5 nitrogen and oxygen atoms in total. The molecule has 1 unspecified atom stereocenters. The van der Waals surface area contributed by atoms with Gasteiger partial charge in [-0.3, -0.25) is 9.48 Å². The molecule has 1 aromatic heterocycles. The first-order chi connectivity index (χ1) is 11.1. The lowest BCUT2D eigenvalue weighted by Gasteiger charge is -2.35. The zero-order chi connectivity index (χ0) is 16.2. The van der Waals surface area contributed by atoms with Crippen molar-refractivity contribution < 1.29 is 9.18 Å². The molecule has 0 spiro atoms. The number of hydrogen-bond donors (Lipinski definition) is 1. The second-order valence-corrected chi connectivity index (χ2v) is 5.99. The molecule has 0 bridgehead atoms. The Morgan fingerprint density at radius 3 is 3.09 bits per heavy atom. The van der Waals surface area contributed by atoms with Crippen molar-refractivity contribution in [1.29, 1.82) is 0 Å². The van der Waals surface area contributed by atoms with Gasteiger partial charge in [-0.2, -0.15) is 5.10 Å². The molecule has 0 radical (unpaired) electrons. The SMILES string of the molecule is Cc1cc(F)ccc1N1CCCC(NC(=O)Cn2cccn2)C1. The first kappa shape index (κ1) is 15.5. The lowest BCUT2D eigenvalue weighted by molar-refractivity contribution is -0.122. The first-order valence-electron chi connectivity index (χ1n) is 7.90. The van der Waals surface area contributed by atoms with Crippen molar-refractivity contribution >= 4 is 11.6 Å². The molecule has 0 aliphatic carbocycles. The minimum absolute atomic E-state index is 0.0311. The van der Waals surface area contributed by atoms with Gasteiger partial charge in [0.1, 0.15) is 12.4 Å². The van der Waals surface area contributed by atoms with Crippen LogP contribution in [0.2, 0.25) is 0 Å². The number of halogens is 1. The van der Waals surface area contributed by atoms with Crippen LogP contribution in [-0.4, -0.2) is 34.8 Å². The van der Waals surface area contributed by atoms with E-state index in [2.05, 4.69) is 15.3 Å². The average molecular weight is 316 g/mol. The molecule has 3 rings (SSSR count). The number of aryl methyl sites for hydroxylation is 1. The maximum Gasteiger partial charge on any atom is 0.242 e. The quantitative estimate of drug-likeness (QED) is 0.940. The van der Waals surface area contributed by atoms with Gasteiger partial charge in [-0.05, 0) is 49.6 Å². The van der Waals surface area contributed by atoms with Crippen LogP contribution in [0.1, 0.15) is 18.4 Å². The molecular formula is C17H21FN4O. The Morgan fingerprint density at radius 2 is 2.35 bits per heavy atom. The van der Waals surface area contributed by atoms with Gasteiger partial charge in [0.25, 0.3) is 0 Å². The van der Waals surface area contributed by atoms with Gasteiger partial charge >= 0.3 is 0 Å². The number of carbonyl (C=O) groups excluding carboxylic acids is 1. The number of anilines is 1. The van der Waals surface area contributed by atoms with Gasteiger partial charge in [0, 0.05) is 37.2 Å². The monoisotopic (exact) mass is 316 g/mol. The van der Waals surface area contributed by atoms with E-state index in [1.54, 1.807) is 29.2 Å². The normalized spacial score (nSPS) is 18.0. The van der Waals surface area contributed by atoms with E-state index in [4.69, 9.17) is 0 Å². The maximum atomic E-state index is 13.3. The molecule has 1 N–H and O–H groups in total. The third-order valence-electron chi connectivity index (χ3n) is 4.15. The van der Waals surface area contributed by atoms with Crippen LogP contribution in [0.4, 0.5) is 10.1 Å². The summed E-state index contributed by atoms with van der Waals surface area (Å²) in [7, 11) is 0. The molecular weight excluding hydrogens is 295 g/mol. The van der Waals surface area contributed by atoms with Gasteiger partial charge < -0.3 is 10.2 Å². The van der Waals surface area contributed by atoms with Crippen molar-refractivity contribution in [1.82, 2.24) is 15.1 Å². The molecule has 1 amide bonds. The maximum absolute atomic E-state index is 13.3.